The second kappa shape index (κ2) is 5.58. The van der Waals surface area contributed by atoms with Crippen molar-refractivity contribution in [2.45, 2.75) is 0 Å². The highest BCUT2D eigenvalue weighted by Gasteiger charge is 2.12. The highest BCUT2D eigenvalue weighted by molar-refractivity contribution is 6.30. The zero-order valence-electron chi connectivity index (χ0n) is 11.3. The first kappa shape index (κ1) is 13.7. The first-order valence-electron chi connectivity index (χ1n) is 6.53. The summed E-state index contributed by atoms with van der Waals surface area (Å²) in [5.74, 6) is -0.238. The minimum Gasteiger partial charge on any atom is -0.317 e. The van der Waals surface area contributed by atoms with Crippen LogP contribution in [0.4, 0.5) is 10.1 Å². The number of nitrogens with zero attached hydrogens (tertiary/aromatic N) is 1. The van der Waals surface area contributed by atoms with Crippen molar-refractivity contribution in [3.05, 3.63) is 95.6 Å². The number of benzene rings is 2. The minimum absolute atomic E-state index is 0.238. The quantitative estimate of drug-likeness (QED) is 0.716. The predicted molar refractivity (Wildman–Crippen MR) is 86.6 cm³/mol. The Morgan fingerprint density at radius 2 is 1.57 bits per heavy atom. The smallest absolute Gasteiger partial charge is 0.123 e. The summed E-state index contributed by atoms with van der Waals surface area (Å²) in [5, 5.41) is 0.694. The molecular weight excluding hydrogens is 285 g/mol. The zero-order chi connectivity index (χ0) is 14.8. The highest BCUT2D eigenvalue weighted by atomic mass is 35.5. The molecule has 0 radical (unpaired) electrons. The molecular formula is C18H13ClFN. The highest BCUT2D eigenvalue weighted by Crippen LogP contribution is 2.29. The van der Waals surface area contributed by atoms with E-state index >= 15 is 0 Å². The lowest BCUT2D eigenvalue weighted by molar-refractivity contribution is 0.627. The lowest BCUT2D eigenvalue weighted by Gasteiger charge is -2.25. The molecule has 0 fully saturated rings. The third-order valence-electron chi connectivity index (χ3n) is 3.32. The first-order valence-corrected chi connectivity index (χ1v) is 6.91. The fourth-order valence-corrected chi connectivity index (χ4v) is 2.31. The third-order valence-corrected chi connectivity index (χ3v) is 3.57. The van der Waals surface area contributed by atoms with Gasteiger partial charge in [0.05, 0.1) is 0 Å². The number of halogens is 2. The Labute approximate surface area is 128 Å². The number of anilines is 1. The van der Waals surface area contributed by atoms with E-state index in [1.807, 2.05) is 47.5 Å². The summed E-state index contributed by atoms with van der Waals surface area (Å²) in [7, 11) is 0. The van der Waals surface area contributed by atoms with Crippen LogP contribution in [0.15, 0.2) is 79.2 Å². The van der Waals surface area contributed by atoms with Crippen molar-refractivity contribution in [1.82, 2.24) is 0 Å². The van der Waals surface area contributed by atoms with Crippen LogP contribution >= 0.6 is 11.6 Å². The van der Waals surface area contributed by atoms with E-state index in [0.717, 1.165) is 22.5 Å². The maximum atomic E-state index is 13.0. The van der Waals surface area contributed by atoms with E-state index in [4.69, 9.17) is 11.6 Å². The van der Waals surface area contributed by atoms with E-state index in [-0.39, 0.29) is 5.82 Å². The molecule has 0 N–H and O–H groups in total. The van der Waals surface area contributed by atoms with Gasteiger partial charge in [0.25, 0.3) is 0 Å². The molecule has 0 aromatic heterocycles. The zero-order valence-corrected chi connectivity index (χ0v) is 12.0. The molecule has 3 heteroatoms. The fourth-order valence-electron chi connectivity index (χ4n) is 2.19. The molecule has 3 rings (SSSR count). The van der Waals surface area contributed by atoms with Crippen LogP contribution in [0.5, 0.6) is 0 Å². The molecule has 0 unspecified atom stereocenters. The van der Waals surface area contributed by atoms with Gasteiger partial charge in [-0.3, -0.25) is 0 Å². The average Bonchev–Trinajstić information content (AvgIpc) is 2.50. The summed E-state index contributed by atoms with van der Waals surface area (Å²) in [6.45, 7) is 4.04. The molecule has 1 aliphatic rings. The number of allylic oxidation sites excluding steroid dienone is 3. The van der Waals surface area contributed by atoms with Crippen LogP contribution in [0.1, 0.15) is 5.56 Å². The second-order valence-corrected chi connectivity index (χ2v) is 5.20. The topological polar surface area (TPSA) is 3.24 Å². The Morgan fingerprint density at radius 1 is 0.905 bits per heavy atom. The normalized spacial score (nSPS) is 14.3. The number of rotatable bonds is 2. The molecule has 0 bridgehead atoms. The molecule has 1 nitrogen and oxygen atoms in total. The SMILES string of the molecule is C=C1C=CC(c2ccc(F)cc2)=CN1c1ccc(Cl)cc1. The summed E-state index contributed by atoms with van der Waals surface area (Å²) in [6.07, 6.45) is 5.90. The molecule has 0 amide bonds. The van der Waals surface area contributed by atoms with Gasteiger partial charge in [-0.25, -0.2) is 4.39 Å². The summed E-state index contributed by atoms with van der Waals surface area (Å²) in [6, 6.07) is 14.0. The monoisotopic (exact) mass is 297 g/mol. The molecule has 1 aliphatic heterocycles. The molecule has 0 saturated carbocycles. The maximum absolute atomic E-state index is 13.0. The van der Waals surface area contributed by atoms with Gasteiger partial charge in [0.15, 0.2) is 0 Å². The van der Waals surface area contributed by atoms with Gasteiger partial charge in [-0.1, -0.05) is 36.4 Å². The molecule has 21 heavy (non-hydrogen) atoms. The molecule has 1 heterocycles. The van der Waals surface area contributed by atoms with Crippen molar-refractivity contribution in [1.29, 1.82) is 0 Å². The van der Waals surface area contributed by atoms with Gasteiger partial charge in [0.2, 0.25) is 0 Å². The Hall–Kier alpha value is -2.32. The van der Waals surface area contributed by atoms with Crippen LogP contribution < -0.4 is 4.90 Å². The van der Waals surface area contributed by atoms with Gasteiger partial charge >= 0.3 is 0 Å². The van der Waals surface area contributed by atoms with Crippen LogP contribution in [0, 0.1) is 5.82 Å². The molecule has 0 spiro atoms. The largest absolute Gasteiger partial charge is 0.317 e. The van der Waals surface area contributed by atoms with Gasteiger partial charge in [-0.15, -0.1) is 0 Å². The van der Waals surface area contributed by atoms with Gasteiger partial charge in [0, 0.05) is 22.6 Å². The van der Waals surface area contributed by atoms with Gasteiger partial charge in [0.1, 0.15) is 5.82 Å². The Balaban J connectivity index is 1.97. The van der Waals surface area contributed by atoms with Crippen LogP contribution in [-0.4, -0.2) is 0 Å². The van der Waals surface area contributed by atoms with E-state index in [2.05, 4.69) is 6.58 Å². The maximum Gasteiger partial charge on any atom is 0.123 e. The van der Waals surface area contributed by atoms with Crippen LogP contribution in [0.2, 0.25) is 5.02 Å². The minimum atomic E-state index is -0.238. The van der Waals surface area contributed by atoms with Crippen LogP contribution in [0.3, 0.4) is 0 Å². The molecule has 2 aromatic carbocycles. The number of hydrogen-bond donors (Lipinski definition) is 0. The molecule has 0 aliphatic carbocycles. The van der Waals surface area contributed by atoms with E-state index in [0.29, 0.717) is 5.02 Å². The lowest BCUT2D eigenvalue weighted by atomic mass is 10.0. The van der Waals surface area contributed by atoms with Crippen molar-refractivity contribution in [2.75, 3.05) is 4.90 Å². The summed E-state index contributed by atoms with van der Waals surface area (Å²) in [4.78, 5) is 1.98. The van der Waals surface area contributed by atoms with Crippen LogP contribution in [0.25, 0.3) is 5.57 Å². The van der Waals surface area contributed by atoms with Crippen molar-refractivity contribution < 1.29 is 4.39 Å². The van der Waals surface area contributed by atoms with Gasteiger partial charge in [-0.05, 0) is 53.6 Å². The van der Waals surface area contributed by atoms with Gasteiger partial charge < -0.3 is 4.90 Å². The fraction of sp³-hybridized carbons (Fsp3) is 0. The molecule has 0 saturated heterocycles. The van der Waals surface area contributed by atoms with E-state index in [9.17, 15) is 4.39 Å². The van der Waals surface area contributed by atoms with Crippen LogP contribution in [-0.2, 0) is 0 Å². The number of hydrogen-bond acceptors (Lipinski definition) is 1. The Morgan fingerprint density at radius 3 is 2.24 bits per heavy atom. The average molecular weight is 298 g/mol. The molecule has 104 valence electrons. The predicted octanol–water partition coefficient (Wildman–Crippen LogP) is 5.41. The van der Waals surface area contributed by atoms with Gasteiger partial charge in [-0.2, -0.15) is 0 Å². The summed E-state index contributed by atoms with van der Waals surface area (Å²) < 4.78 is 13.0. The first-order chi connectivity index (χ1) is 10.1. The molecule has 0 atom stereocenters. The Bertz CT molecular complexity index is 727. The van der Waals surface area contributed by atoms with Crippen molar-refractivity contribution in [2.24, 2.45) is 0 Å². The Kier molecular flexibility index (Phi) is 3.63. The van der Waals surface area contributed by atoms with E-state index in [1.165, 1.54) is 12.1 Å². The summed E-state index contributed by atoms with van der Waals surface area (Å²) in [5.41, 5.74) is 3.80. The van der Waals surface area contributed by atoms with Crippen molar-refractivity contribution in [3.63, 3.8) is 0 Å². The van der Waals surface area contributed by atoms with E-state index < -0.39 is 0 Å². The van der Waals surface area contributed by atoms with E-state index in [1.54, 1.807) is 12.1 Å². The van der Waals surface area contributed by atoms with Crippen molar-refractivity contribution in [3.8, 4) is 0 Å². The standard InChI is InChI=1S/C18H13ClFN/c1-13-2-3-15(14-4-8-17(20)9-5-14)12-21(13)18-10-6-16(19)7-11-18/h2-12H,1H2. The summed E-state index contributed by atoms with van der Waals surface area (Å²) >= 11 is 5.92. The molecule has 2 aromatic rings. The third kappa shape index (κ3) is 2.91. The second-order valence-electron chi connectivity index (χ2n) is 4.76. The van der Waals surface area contributed by atoms with Crippen molar-refractivity contribution >= 4 is 22.9 Å². The lowest BCUT2D eigenvalue weighted by Crippen LogP contribution is -2.16.